The Hall–Kier alpha value is -3.64. The SMILES string of the molecule is CCC(O)c1cc(F)c(-c2cc(C(N)=O)c(Nc3ccnc(N(C)C(=O)OC)n3)s2)c(F)c1. The lowest BCUT2D eigenvalue weighted by Crippen LogP contribution is -2.27. The van der Waals surface area contributed by atoms with Gasteiger partial charge in [0.05, 0.1) is 24.3 Å². The van der Waals surface area contributed by atoms with E-state index in [-0.39, 0.29) is 38.3 Å². The van der Waals surface area contributed by atoms with Crippen molar-refractivity contribution in [1.29, 1.82) is 0 Å². The largest absolute Gasteiger partial charge is 0.452 e. The summed E-state index contributed by atoms with van der Waals surface area (Å²) >= 11 is 0.889. The average Bonchev–Trinajstić information content (AvgIpc) is 3.20. The third kappa shape index (κ3) is 5.07. The van der Waals surface area contributed by atoms with Gasteiger partial charge >= 0.3 is 6.09 Å². The van der Waals surface area contributed by atoms with Crippen LogP contribution >= 0.6 is 11.3 Å². The van der Waals surface area contributed by atoms with Gasteiger partial charge in [0.1, 0.15) is 22.5 Å². The van der Waals surface area contributed by atoms with Crippen LogP contribution in [0.25, 0.3) is 10.4 Å². The van der Waals surface area contributed by atoms with Crippen LogP contribution in [0.5, 0.6) is 0 Å². The predicted molar refractivity (Wildman–Crippen MR) is 120 cm³/mol. The number of rotatable bonds is 7. The molecule has 0 aliphatic carbocycles. The molecule has 2 aromatic heterocycles. The van der Waals surface area contributed by atoms with Crippen LogP contribution in [0.15, 0.2) is 30.5 Å². The average molecular weight is 477 g/mol. The number of halogens is 2. The summed E-state index contributed by atoms with van der Waals surface area (Å²) in [6, 6.07) is 4.86. The van der Waals surface area contributed by atoms with Gasteiger partial charge in [-0.2, -0.15) is 4.98 Å². The van der Waals surface area contributed by atoms with Gasteiger partial charge in [-0.15, -0.1) is 11.3 Å². The van der Waals surface area contributed by atoms with E-state index >= 15 is 0 Å². The van der Waals surface area contributed by atoms with Gasteiger partial charge < -0.3 is 20.9 Å². The number of primary amides is 1. The highest BCUT2D eigenvalue weighted by molar-refractivity contribution is 7.20. The molecule has 0 spiro atoms. The molecule has 1 atom stereocenters. The van der Waals surface area contributed by atoms with Crippen LogP contribution in [-0.2, 0) is 4.74 Å². The summed E-state index contributed by atoms with van der Waals surface area (Å²) in [5.74, 6) is -2.36. The summed E-state index contributed by atoms with van der Waals surface area (Å²) < 4.78 is 34.1. The van der Waals surface area contributed by atoms with Crippen molar-refractivity contribution < 1.29 is 28.2 Å². The lowest BCUT2D eigenvalue weighted by molar-refractivity contribution is 0.100. The Morgan fingerprint density at radius 1 is 1.30 bits per heavy atom. The summed E-state index contributed by atoms with van der Waals surface area (Å²) in [5, 5.41) is 13.0. The Morgan fingerprint density at radius 2 is 1.97 bits per heavy atom. The van der Waals surface area contributed by atoms with Crippen LogP contribution in [0.4, 0.5) is 30.3 Å². The summed E-state index contributed by atoms with van der Waals surface area (Å²) in [6.07, 6.45) is -0.0195. The first-order valence-electron chi connectivity index (χ1n) is 9.69. The van der Waals surface area contributed by atoms with E-state index in [1.807, 2.05) is 0 Å². The van der Waals surface area contributed by atoms with Crippen molar-refractivity contribution >= 4 is 40.1 Å². The second-order valence-electron chi connectivity index (χ2n) is 6.90. The maximum atomic E-state index is 14.8. The van der Waals surface area contributed by atoms with E-state index in [2.05, 4.69) is 20.0 Å². The Morgan fingerprint density at radius 3 is 2.55 bits per heavy atom. The number of anilines is 3. The van der Waals surface area contributed by atoms with E-state index in [1.54, 1.807) is 6.92 Å². The zero-order chi connectivity index (χ0) is 24.3. The van der Waals surface area contributed by atoms with Crippen LogP contribution in [-0.4, -0.2) is 41.2 Å². The normalized spacial score (nSPS) is 11.7. The fourth-order valence-electron chi connectivity index (χ4n) is 2.96. The fraction of sp³-hybridized carbons (Fsp3) is 0.238. The highest BCUT2D eigenvalue weighted by Crippen LogP contribution is 2.40. The van der Waals surface area contributed by atoms with Crippen molar-refractivity contribution in [1.82, 2.24) is 9.97 Å². The van der Waals surface area contributed by atoms with Crippen molar-refractivity contribution in [2.75, 3.05) is 24.4 Å². The molecule has 0 radical (unpaired) electrons. The van der Waals surface area contributed by atoms with Gasteiger partial charge in [0.15, 0.2) is 0 Å². The second-order valence-corrected chi connectivity index (χ2v) is 7.95. The van der Waals surface area contributed by atoms with Gasteiger partial charge in [0.2, 0.25) is 5.95 Å². The number of benzene rings is 1. The number of methoxy groups -OCH3 is 1. The molecule has 0 aliphatic rings. The number of aliphatic hydroxyl groups is 1. The molecule has 0 saturated heterocycles. The van der Waals surface area contributed by atoms with E-state index in [0.29, 0.717) is 6.42 Å². The molecule has 12 heteroatoms. The van der Waals surface area contributed by atoms with E-state index in [9.17, 15) is 23.5 Å². The van der Waals surface area contributed by atoms with Crippen molar-refractivity contribution in [2.45, 2.75) is 19.4 Å². The Bertz CT molecular complexity index is 1180. The molecule has 4 N–H and O–H groups in total. The summed E-state index contributed by atoms with van der Waals surface area (Å²) in [6.45, 7) is 1.69. The van der Waals surface area contributed by atoms with E-state index in [1.165, 1.54) is 32.5 Å². The number of amides is 2. The topological polar surface area (TPSA) is 131 Å². The first-order valence-corrected chi connectivity index (χ1v) is 10.5. The molecule has 3 aromatic rings. The second kappa shape index (κ2) is 9.88. The number of carbonyl (C=O) groups is 2. The summed E-state index contributed by atoms with van der Waals surface area (Å²) in [7, 11) is 2.62. The fourth-order valence-corrected chi connectivity index (χ4v) is 4.08. The number of nitrogens with two attached hydrogens (primary N) is 1. The number of ether oxygens (including phenoxy) is 1. The molecular formula is C21H21F2N5O4S. The van der Waals surface area contributed by atoms with Crippen molar-refractivity contribution in [3.8, 4) is 10.4 Å². The van der Waals surface area contributed by atoms with Crippen LogP contribution in [0.3, 0.4) is 0 Å². The molecule has 1 unspecified atom stereocenters. The molecule has 2 amide bonds. The van der Waals surface area contributed by atoms with Crippen molar-refractivity contribution in [2.24, 2.45) is 5.73 Å². The smallest absolute Gasteiger partial charge is 0.416 e. The zero-order valence-electron chi connectivity index (χ0n) is 17.9. The quantitative estimate of drug-likeness (QED) is 0.469. The highest BCUT2D eigenvalue weighted by atomic mass is 32.1. The maximum Gasteiger partial charge on any atom is 0.416 e. The third-order valence-electron chi connectivity index (χ3n) is 4.71. The number of nitrogens with one attached hydrogen (secondary N) is 1. The molecule has 0 bridgehead atoms. The molecule has 33 heavy (non-hydrogen) atoms. The first-order chi connectivity index (χ1) is 15.7. The molecule has 0 saturated carbocycles. The molecular weight excluding hydrogens is 456 g/mol. The van der Waals surface area contributed by atoms with Crippen LogP contribution in [0.2, 0.25) is 0 Å². The van der Waals surface area contributed by atoms with Gasteiger partial charge in [-0.3, -0.25) is 4.79 Å². The number of carbonyl (C=O) groups excluding carboxylic acids is 2. The Kier molecular flexibility index (Phi) is 7.19. The monoisotopic (exact) mass is 477 g/mol. The molecule has 1 aromatic carbocycles. The Balaban J connectivity index is 2.00. The molecule has 9 nitrogen and oxygen atoms in total. The minimum Gasteiger partial charge on any atom is -0.452 e. The third-order valence-corrected chi connectivity index (χ3v) is 5.78. The minimum absolute atomic E-state index is 0.00652. The lowest BCUT2D eigenvalue weighted by atomic mass is 10.0. The molecule has 0 aliphatic heterocycles. The molecule has 3 rings (SSSR count). The van der Waals surface area contributed by atoms with Gasteiger partial charge in [-0.05, 0) is 36.2 Å². The van der Waals surface area contributed by atoms with Crippen molar-refractivity contribution in [3.63, 3.8) is 0 Å². The molecule has 0 fully saturated rings. The lowest BCUT2D eigenvalue weighted by Gasteiger charge is -2.14. The maximum absolute atomic E-state index is 14.8. The van der Waals surface area contributed by atoms with E-state index in [0.717, 1.165) is 28.4 Å². The summed E-state index contributed by atoms with van der Waals surface area (Å²) in [5.41, 5.74) is 5.22. The van der Waals surface area contributed by atoms with Crippen LogP contribution in [0, 0.1) is 11.6 Å². The first kappa shape index (κ1) is 24.0. The van der Waals surface area contributed by atoms with E-state index < -0.39 is 29.7 Å². The standard InChI is InChI=1S/C21H21F2N5O4S/c1-4-14(29)10-7-12(22)17(13(23)8-10)15-9-11(18(24)30)19(33-15)26-16-5-6-25-20(27-16)28(2)21(31)32-3/h5-9,14,29H,4H2,1-3H3,(H2,24,30)(H,25,26,27). The number of hydrogen-bond donors (Lipinski definition) is 3. The molecule has 174 valence electrons. The van der Waals surface area contributed by atoms with E-state index in [4.69, 9.17) is 5.73 Å². The summed E-state index contributed by atoms with van der Waals surface area (Å²) in [4.78, 5) is 33.0. The van der Waals surface area contributed by atoms with Gasteiger partial charge in [0, 0.05) is 18.1 Å². The van der Waals surface area contributed by atoms with Crippen LogP contribution in [0.1, 0.15) is 35.4 Å². The van der Waals surface area contributed by atoms with Gasteiger partial charge in [-0.25, -0.2) is 23.5 Å². The van der Waals surface area contributed by atoms with Crippen LogP contribution < -0.4 is 16.0 Å². The highest BCUT2D eigenvalue weighted by Gasteiger charge is 2.22. The number of aliphatic hydroxyl groups excluding tert-OH is 1. The van der Waals surface area contributed by atoms with Gasteiger partial charge in [-0.1, -0.05) is 6.92 Å². The van der Waals surface area contributed by atoms with Gasteiger partial charge in [0.25, 0.3) is 5.91 Å². The number of hydrogen-bond acceptors (Lipinski definition) is 8. The predicted octanol–water partition coefficient (Wildman–Crippen LogP) is 3.97. The van der Waals surface area contributed by atoms with Crippen molar-refractivity contribution in [3.05, 3.63) is 53.2 Å². The number of aromatic nitrogens is 2. The minimum atomic E-state index is -1.00. The number of thiophene rings is 1. The Labute approximate surface area is 191 Å². The zero-order valence-corrected chi connectivity index (χ0v) is 18.7. The molecule has 2 heterocycles. The number of nitrogens with zero attached hydrogens (tertiary/aromatic N) is 3.